The normalized spacial score (nSPS) is 24.8. The molecule has 0 aromatic heterocycles. The lowest BCUT2D eigenvalue weighted by molar-refractivity contribution is -0.357. The zero-order chi connectivity index (χ0) is 31.1. The molecule has 2 saturated heterocycles. The van der Waals surface area contributed by atoms with Crippen LogP contribution >= 0.6 is 34.8 Å². The Hall–Kier alpha value is -3.38. The van der Waals surface area contributed by atoms with Crippen LogP contribution in [0.4, 0.5) is 0 Å². The number of hydrogen-bond donors (Lipinski definition) is 1. The number of halogens is 3. The van der Waals surface area contributed by atoms with Crippen molar-refractivity contribution in [1.29, 1.82) is 5.41 Å². The van der Waals surface area contributed by atoms with Crippen LogP contribution in [0.1, 0.15) is 33.3 Å². The first-order valence-corrected chi connectivity index (χ1v) is 14.6. The van der Waals surface area contributed by atoms with Gasteiger partial charge < -0.3 is 28.4 Å². The Morgan fingerprint density at radius 3 is 2.34 bits per heavy atom. The Balaban J connectivity index is 1.50. The summed E-state index contributed by atoms with van der Waals surface area (Å²) in [4.78, 5) is 16.5. The van der Waals surface area contributed by atoms with Crippen molar-refractivity contribution >= 4 is 46.7 Å². The van der Waals surface area contributed by atoms with Gasteiger partial charge in [0.1, 0.15) is 18.3 Å². The number of hydrogen-bond acceptors (Lipinski definition) is 9. The maximum atomic E-state index is 13.7. The minimum Gasteiger partial charge on any atom is -0.449 e. The first-order chi connectivity index (χ1) is 21.2. The molecule has 2 heterocycles. The zero-order valence-corrected chi connectivity index (χ0v) is 25.3. The van der Waals surface area contributed by atoms with Gasteiger partial charge in [0.2, 0.25) is 12.2 Å². The second kappa shape index (κ2) is 14.6. The summed E-state index contributed by atoms with van der Waals surface area (Å²) < 4.78 is 34.4. The SMILES string of the molecule is [N-]=[N+]=NCc1ccccc1C(=O)O[C@@H]1C(OC(=N)C(Cl)(Cl)Cl)O[C@@H]2COC(c3ccccc3)O[C@H]2[C@@H]1OCc1ccccc1. The van der Waals surface area contributed by atoms with Crippen molar-refractivity contribution < 1.29 is 33.2 Å². The molecule has 5 rings (SSSR count). The Morgan fingerprint density at radius 1 is 0.955 bits per heavy atom. The molecular formula is C30H27Cl3N4O7. The average Bonchev–Trinajstić information content (AvgIpc) is 3.03. The molecule has 0 aliphatic carbocycles. The number of rotatable bonds is 9. The lowest BCUT2D eigenvalue weighted by atomic mass is 9.96. The highest BCUT2D eigenvalue weighted by Crippen LogP contribution is 2.38. The number of carbonyl (C=O) groups excluding carboxylic acids is 1. The minimum atomic E-state index is -2.23. The van der Waals surface area contributed by atoms with Gasteiger partial charge in [-0.3, -0.25) is 5.41 Å². The van der Waals surface area contributed by atoms with E-state index in [1.165, 1.54) is 6.07 Å². The van der Waals surface area contributed by atoms with Gasteiger partial charge in [0.25, 0.3) is 3.79 Å². The highest BCUT2D eigenvalue weighted by Gasteiger charge is 2.54. The number of benzene rings is 3. The molecule has 11 nitrogen and oxygen atoms in total. The molecule has 2 fully saturated rings. The number of azide groups is 1. The first-order valence-electron chi connectivity index (χ1n) is 13.5. The topological polar surface area (TPSA) is 145 Å². The third kappa shape index (κ3) is 7.82. The van der Waals surface area contributed by atoms with Crippen molar-refractivity contribution in [2.24, 2.45) is 5.11 Å². The van der Waals surface area contributed by atoms with Gasteiger partial charge in [0.15, 0.2) is 12.4 Å². The van der Waals surface area contributed by atoms with Crippen LogP contribution in [0.2, 0.25) is 0 Å². The molecule has 3 aromatic rings. The second-order valence-corrected chi connectivity index (χ2v) is 12.1. The van der Waals surface area contributed by atoms with Crippen molar-refractivity contribution in [1.82, 2.24) is 0 Å². The van der Waals surface area contributed by atoms with Gasteiger partial charge in [0.05, 0.1) is 25.3 Å². The highest BCUT2D eigenvalue weighted by molar-refractivity contribution is 6.76. The number of nitrogens with zero attached hydrogens (tertiary/aromatic N) is 3. The van der Waals surface area contributed by atoms with Crippen LogP contribution in [0.5, 0.6) is 0 Å². The summed E-state index contributed by atoms with van der Waals surface area (Å²) in [7, 11) is 0. The predicted molar refractivity (Wildman–Crippen MR) is 161 cm³/mol. The molecule has 2 aliphatic heterocycles. The quantitative estimate of drug-likeness (QED) is 0.0504. The Labute approximate surface area is 267 Å². The van der Waals surface area contributed by atoms with E-state index in [-0.39, 0.29) is 25.3 Å². The number of ether oxygens (including phenoxy) is 6. The summed E-state index contributed by atoms with van der Waals surface area (Å²) in [6.07, 6.45) is -6.10. The summed E-state index contributed by atoms with van der Waals surface area (Å²) in [6.45, 7) is 0.0930. The van der Waals surface area contributed by atoms with E-state index in [4.69, 9.17) is 74.2 Å². The molecule has 6 atom stereocenters. The molecule has 0 bridgehead atoms. The fourth-order valence-corrected chi connectivity index (χ4v) is 4.97. The Kier molecular flexibility index (Phi) is 10.6. The fraction of sp³-hybridized carbons (Fsp3) is 0.333. The van der Waals surface area contributed by atoms with E-state index in [0.29, 0.717) is 5.56 Å². The lowest BCUT2D eigenvalue weighted by Crippen LogP contribution is -2.64. The molecule has 14 heteroatoms. The van der Waals surface area contributed by atoms with Gasteiger partial charge in [0, 0.05) is 10.5 Å². The molecule has 0 spiro atoms. The molecule has 230 valence electrons. The number of fused-ring (bicyclic) bond motifs is 1. The van der Waals surface area contributed by atoms with Gasteiger partial charge in [-0.2, -0.15) is 0 Å². The Morgan fingerprint density at radius 2 is 1.64 bits per heavy atom. The molecule has 0 radical (unpaired) electrons. The van der Waals surface area contributed by atoms with Crippen LogP contribution in [0, 0.1) is 5.41 Å². The summed E-state index contributed by atoms with van der Waals surface area (Å²) in [5, 5.41) is 11.8. The third-order valence-electron chi connectivity index (χ3n) is 6.92. The number of nitrogens with one attached hydrogen (secondary N) is 1. The van der Waals surface area contributed by atoms with Gasteiger partial charge in [-0.1, -0.05) is 119 Å². The molecular weight excluding hydrogens is 635 g/mol. The first kappa shape index (κ1) is 32.0. The smallest absolute Gasteiger partial charge is 0.339 e. The number of alkyl halides is 3. The summed E-state index contributed by atoms with van der Waals surface area (Å²) in [5.41, 5.74) is 11.0. The fourth-order valence-electron chi connectivity index (χ4n) is 4.84. The van der Waals surface area contributed by atoms with Crippen LogP contribution in [0.3, 0.4) is 0 Å². The van der Waals surface area contributed by atoms with Crippen molar-refractivity contribution in [2.75, 3.05) is 6.61 Å². The molecule has 2 unspecified atom stereocenters. The van der Waals surface area contributed by atoms with Crippen molar-refractivity contribution in [3.63, 3.8) is 0 Å². The van der Waals surface area contributed by atoms with Gasteiger partial charge in [-0.05, 0) is 22.7 Å². The second-order valence-electron chi connectivity index (χ2n) is 9.84. The van der Waals surface area contributed by atoms with E-state index in [2.05, 4.69) is 10.0 Å². The third-order valence-corrected chi connectivity index (χ3v) is 7.43. The van der Waals surface area contributed by atoms with E-state index in [0.717, 1.165) is 11.1 Å². The molecule has 3 aromatic carbocycles. The number of esters is 1. The maximum absolute atomic E-state index is 13.7. The largest absolute Gasteiger partial charge is 0.449 e. The van der Waals surface area contributed by atoms with Crippen LogP contribution in [0.15, 0.2) is 90.0 Å². The predicted octanol–water partition coefficient (Wildman–Crippen LogP) is 6.81. The highest BCUT2D eigenvalue weighted by atomic mass is 35.6. The van der Waals surface area contributed by atoms with Crippen molar-refractivity contribution in [3.05, 3.63) is 118 Å². The van der Waals surface area contributed by atoms with Crippen molar-refractivity contribution in [2.45, 2.75) is 53.9 Å². The summed E-state index contributed by atoms with van der Waals surface area (Å²) in [6, 6.07) is 25.2. The van der Waals surface area contributed by atoms with E-state index in [1.807, 2.05) is 60.7 Å². The lowest BCUT2D eigenvalue weighted by Gasteiger charge is -2.48. The maximum Gasteiger partial charge on any atom is 0.339 e. The van der Waals surface area contributed by atoms with Crippen LogP contribution in [-0.2, 0) is 41.6 Å². The van der Waals surface area contributed by atoms with E-state index in [9.17, 15) is 4.79 Å². The van der Waals surface area contributed by atoms with E-state index in [1.54, 1.807) is 18.2 Å². The average molecular weight is 662 g/mol. The number of carbonyl (C=O) groups is 1. The van der Waals surface area contributed by atoms with Gasteiger partial charge in [-0.15, -0.1) is 0 Å². The monoisotopic (exact) mass is 660 g/mol. The molecule has 44 heavy (non-hydrogen) atoms. The van der Waals surface area contributed by atoms with E-state index < -0.39 is 52.7 Å². The zero-order valence-electron chi connectivity index (χ0n) is 23.0. The Bertz CT molecular complexity index is 1490. The summed E-state index contributed by atoms with van der Waals surface area (Å²) >= 11 is 17.8. The standard InChI is InChI=1S/C30H27Cl3N4O7/c31-30(32,33)29(34)44-28-25(42-26(38)21-14-8-7-13-20(21)15-36-37-35)24(39-16-18-9-3-1-4-10-18)23-22(41-28)17-40-27(43-23)19-11-5-2-6-12-19/h1-14,22-25,27-28,34H,15-17H2/t22-,23-,24+,25+,27?,28?/m1/s1. The van der Waals surface area contributed by atoms with Crippen LogP contribution in [-0.4, -0.2) is 53.0 Å². The van der Waals surface area contributed by atoms with Crippen LogP contribution in [0.25, 0.3) is 10.4 Å². The minimum absolute atomic E-state index is 0.0616. The van der Waals surface area contributed by atoms with Gasteiger partial charge >= 0.3 is 5.97 Å². The molecule has 1 N–H and O–H groups in total. The molecule has 0 amide bonds. The van der Waals surface area contributed by atoms with E-state index >= 15 is 0 Å². The summed E-state index contributed by atoms with van der Waals surface area (Å²) in [5.74, 6) is -1.54. The van der Waals surface area contributed by atoms with Crippen molar-refractivity contribution in [3.8, 4) is 0 Å². The van der Waals surface area contributed by atoms with Gasteiger partial charge in [-0.25, -0.2) is 4.79 Å². The molecule has 0 saturated carbocycles. The molecule has 2 aliphatic rings. The van der Waals surface area contributed by atoms with Crippen LogP contribution < -0.4 is 0 Å².